The van der Waals surface area contributed by atoms with Crippen molar-refractivity contribution in [2.75, 3.05) is 13.1 Å². The fourth-order valence-electron chi connectivity index (χ4n) is 10.1. The highest BCUT2D eigenvalue weighted by Gasteiger charge is 2.69. The molecular weight excluding hydrogens is 775 g/mol. The van der Waals surface area contributed by atoms with Gasteiger partial charge in [0.05, 0.1) is 34.7 Å². The Morgan fingerprint density at radius 2 is 1.78 bits per heavy atom. The third-order valence-corrected chi connectivity index (χ3v) is 14.5. The molecule has 1 spiro atoms. The molecule has 1 saturated carbocycles. The smallest absolute Gasteiger partial charge is 0.246 e. The number of aliphatic hydroxyl groups excluding tert-OH is 1. The van der Waals surface area contributed by atoms with Crippen LogP contribution >= 0.6 is 11.3 Å². The molecule has 2 aromatic rings. The minimum Gasteiger partial charge on any atom is -0.391 e. The standard InChI is InChI=1S/C44H63N5O9S/c1-25-11-16-32-26(2)34(55-41-44(32)31(25)17-18-43(7,56-41)57-58-44)21-36(52)45-19-9-8-10-35(51)48-38(42(4,5)6)40(54)49-23-30(50)20-33(49)39(53)46-22-28-12-14-29(15-13-28)37-27(3)47-24-59-37/h12-15,24-26,30-34,38,41,50H,8-11,16-23H2,1-7H3,(H,45,52)(H,46,53)(H,48,51)/t25-,26-,30-,31+,32+,33+,34-,38-,41-,43-,44-/m1/s1. The van der Waals surface area contributed by atoms with Crippen LogP contribution in [0, 0.1) is 36.0 Å². The number of rotatable bonds is 13. The fraction of sp³-hybridized carbons (Fsp3) is 0.705. The van der Waals surface area contributed by atoms with Gasteiger partial charge in [-0.2, -0.15) is 0 Å². The van der Waals surface area contributed by atoms with Crippen molar-refractivity contribution in [1.29, 1.82) is 0 Å². The van der Waals surface area contributed by atoms with Crippen LogP contribution in [0.5, 0.6) is 0 Å². The van der Waals surface area contributed by atoms with Crippen LogP contribution in [0.2, 0.25) is 0 Å². The Hall–Kier alpha value is -3.47. The predicted molar refractivity (Wildman–Crippen MR) is 220 cm³/mol. The number of hydrogen-bond donors (Lipinski definition) is 4. The lowest BCUT2D eigenvalue weighted by molar-refractivity contribution is -0.570. The van der Waals surface area contributed by atoms with Crippen LogP contribution in [0.4, 0.5) is 0 Å². The number of carbonyl (C=O) groups is 4. The maximum atomic E-state index is 14.0. The first-order valence-electron chi connectivity index (χ1n) is 21.5. The summed E-state index contributed by atoms with van der Waals surface area (Å²) in [7, 11) is 0. The van der Waals surface area contributed by atoms with Gasteiger partial charge in [-0.1, -0.05) is 58.9 Å². The number of β-amino-alcohol motifs (C(OH)–C–C–N with tert-alkyl or cyclic N) is 1. The van der Waals surface area contributed by atoms with E-state index in [0.717, 1.165) is 47.4 Å². The molecule has 0 unspecified atom stereocenters. The Morgan fingerprint density at radius 3 is 2.49 bits per heavy atom. The Bertz CT molecular complexity index is 1850. The van der Waals surface area contributed by atoms with Crippen LogP contribution < -0.4 is 16.0 Å². The lowest BCUT2D eigenvalue weighted by Crippen LogP contribution is -2.70. The summed E-state index contributed by atoms with van der Waals surface area (Å²) in [4.78, 5) is 72.9. The third-order valence-electron chi connectivity index (χ3n) is 13.5. The van der Waals surface area contributed by atoms with E-state index < -0.39 is 47.2 Å². The SMILES string of the molecule is Cc1ncsc1-c1ccc(CNC(=O)[C@@H]2C[C@@H](O)CN2C(=O)[C@@H](NC(=O)CCCCNC(=O)C[C@H]2O[C@@H]3O[C@@]4(C)CC[C@H]5[C@H](C)CC[C@@H]([C@H]2C)[C@@]35OO4)C(C)(C)C)cc1. The van der Waals surface area contributed by atoms with Crippen molar-refractivity contribution < 1.29 is 43.5 Å². The molecule has 1 aromatic heterocycles. The van der Waals surface area contributed by atoms with Crippen LogP contribution in [-0.2, 0) is 45.0 Å². The molecule has 59 heavy (non-hydrogen) atoms. The first-order chi connectivity index (χ1) is 28.0. The van der Waals surface area contributed by atoms with Crippen LogP contribution in [0.3, 0.4) is 0 Å². The fourth-order valence-corrected chi connectivity index (χ4v) is 10.9. The Labute approximate surface area is 351 Å². The molecule has 1 aromatic carbocycles. The quantitative estimate of drug-likeness (QED) is 0.156. The molecule has 6 fully saturated rings. The lowest BCUT2D eigenvalue weighted by Gasteiger charge is -2.60. The molecule has 2 bridgehead atoms. The maximum Gasteiger partial charge on any atom is 0.246 e. The van der Waals surface area contributed by atoms with E-state index in [-0.39, 0.29) is 73.9 Å². The zero-order valence-corrected chi connectivity index (χ0v) is 36.4. The molecule has 5 saturated heterocycles. The van der Waals surface area contributed by atoms with E-state index in [1.807, 2.05) is 64.4 Å². The number of fused-ring (bicyclic) bond motifs is 2. The molecular formula is C44H63N5O9S. The molecule has 6 heterocycles. The summed E-state index contributed by atoms with van der Waals surface area (Å²) in [5, 5.41) is 19.5. The largest absolute Gasteiger partial charge is 0.391 e. The zero-order valence-electron chi connectivity index (χ0n) is 35.6. The van der Waals surface area contributed by atoms with Gasteiger partial charge in [0.2, 0.25) is 29.4 Å². The first-order valence-corrected chi connectivity index (χ1v) is 22.4. The van der Waals surface area contributed by atoms with Gasteiger partial charge >= 0.3 is 0 Å². The Kier molecular flexibility index (Phi) is 12.9. The molecule has 11 atom stereocenters. The molecule has 6 aliphatic rings. The van der Waals surface area contributed by atoms with E-state index in [0.29, 0.717) is 25.3 Å². The number of likely N-dealkylation sites (tertiary alicyclic amines) is 1. The highest BCUT2D eigenvalue weighted by molar-refractivity contribution is 7.13. The summed E-state index contributed by atoms with van der Waals surface area (Å²) in [5.74, 6) is -1.10. The van der Waals surface area contributed by atoms with Crippen LogP contribution in [-0.4, -0.2) is 93.7 Å². The number of benzene rings is 1. The van der Waals surface area contributed by atoms with Crippen molar-refractivity contribution in [3.63, 3.8) is 0 Å². The van der Waals surface area contributed by atoms with Crippen molar-refractivity contribution >= 4 is 35.0 Å². The van der Waals surface area contributed by atoms with E-state index in [4.69, 9.17) is 19.2 Å². The summed E-state index contributed by atoms with van der Waals surface area (Å²) < 4.78 is 13.0. The molecule has 1 aliphatic carbocycles. The van der Waals surface area contributed by atoms with Gasteiger partial charge in [0.15, 0.2) is 11.9 Å². The minimum atomic E-state index is -0.912. The van der Waals surface area contributed by atoms with Crippen LogP contribution in [0.25, 0.3) is 10.4 Å². The molecule has 324 valence electrons. The number of ether oxygens (including phenoxy) is 2. The van der Waals surface area contributed by atoms with Crippen molar-refractivity contribution in [3.8, 4) is 10.4 Å². The minimum absolute atomic E-state index is 0.00312. The van der Waals surface area contributed by atoms with E-state index in [1.165, 1.54) is 4.90 Å². The molecule has 5 aliphatic heterocycles. The average molecular weight is 838 g/mol. The van der Waals surface area contributed by atoms with Crippen molar-refractivity contribution in [1.82, 2.24) is 25.8 Å². The van der Waals surface area contributed by atoms with Gasteiger partial charge in [-0.15, -0.1) is 11.3 Å². The molecule has 4 N–H and O–H groups in total. The average Bonchev–Trinajstić information content (AvgIpc) is 3.73. The highest BCUT2D eigenvalue weighted by atomic mass is 32.1. The normalized spacial score (nSPS) is 33.1. The second-order valence-corrected chi connectivity index (χ2v) is 19.8. The third kappa shape index (κ3) is 9.11. The number of thiazole rings is 1. The van der Waals surface area contributed by atoms with Crippen LogP contribution in [0.1, 0.15) is 111 Å². The van der Waals surface area contributed by atoms with Crippen molar-refractivity contribution in [2.24, 2.45) is 29.1 Å². The summed E-state index contributed by atoms with van der Waals surface area (Å²) in [5.41, 5.74) is 3.41. The Balaban J connectivity index is 0.863. The van der Waals surface area contributed by atoms with Crippen molar-refractivity contribution in [2.45, 2.75) is 155 Å². The first kappa shape index (κ1) is 43.6. The van der Waals surface area contributed by atoms with Gasteiger partial charge in [0.1, 0.15) is 12.1 Å². The molecule has 14 nitrogen and oxygen atoms in total. The van der Waals surface area contributed by atoms with Crippen LogP contribution in [0.15, 0.2) is 29.8 Å². The number of carbonyl (C=O) groups excluding carboxylic acids is 4. The monoisotopic (exact) mass is 837 g/mol. The van der Waals surface area contributed by atoms with E-state index in [2.05, 4.69) is 34.8 Å². The maximum absolute atomic E-state index is 14.0. The van der Waals surface area contributed by atoms with Gasteiger partial charge in [-0.05, 0) is 80.2 Å². The number of nitrogens with zero attached hydrogens (tertiary/aromatic N) is 2. The summed E-state index contributed by atoms with van der Waals surface area (Å²) >= 11 is 1.58. The van der Waals surface area contributed by atoms with Gasteiger partial charge in [-0.3, -0.25) is 19.2 Å². The van der Waals surface area contributed by atoms with E-state index in [1.54, 1.807) is 11.3 Å². The van der Waals surface area contributed by atoms with E-state index >= 15 is 0 Å². The number of nitrogens with one attached hydrogen (secondary N) is 3. The molecule has 15 heteroatoms. The lowest BCUT2D eigenvalue weighted by atomic mass is 9.57. The molecule has 4 amide bonds. The highest BCUT2D eigenvalue weighted by Crippen LogP contribution is 2.60. The zero-order chi connectivity index (χ0) is 42.3. The number of unbranched alkanes of at least 4 members (excludes halogenated alkanes) is 1. The Morgan fingerprint density at radius 1 is 1.02 bits per heavy atom. The molecule has 0 radical (unpaired) electrons. The number of hydrogen-bond acceptors (Lipinski definition) is 11. The van der Waals surface area contributed by atoms with E-state index in [9.17, 15) is 24.3 Å². The number of amides is 4. The topological polar surface area (TPSA) is 178 Å². The summed E-state index contributed by atoms with van der Waals surface area (Å²) in [6, 6.07) is 6.12. The van der Waals surface area contributed by atoms with Gasteiger partial charge in [-0.25, -0.2) is 14.8 Å². The second kappa shape index (κ2) is 17.5. The predicted octanol–water partition coefficient (Wildman–Crippen LogP) is 5.15. The summed E-state index contributed by atoms with van der Waals surface area (Å²) in [6.45, 7) is 14.5. The molecule has 8 rings (SSSR count). The van der Waals surface area contributed by atoms with Gasteiger partial charge in [0.25, 0.3) is 0 Å². The number of aryl methyl sites for hydroxylation is 1. The summed E-state index contributed by atoms with van der Waals surface area (Å²) in [6.07, 6.45) is 3.51. The van der Waals surface area contributed by atoms with Gasteiger partial charge in [0, 0.05) is 44.8 Å². The number of aliphatic hydroxyl groups is 1. The van der Waals surface area contributed by atoms with Gasteiger partial charge < -0.3 is 35.4 Å². The second-order valence-electron chi connectivity index (χ2n) is 18.9. The number of aromatic nitrogens is 1. The van der Waals surface area contributed by atoms with Crippen molar-refractivity contribution in [3.05, 3.63) is 41.0 Å².